The number of halogens is 1. The lowest BCUT2D eigenvalue weighted by Crippen LogP contribution is -2.31. The molecule has 2 rings (SSSR count). The van der Waals surface area contributed by atoms with Gasteiger partial charge in [0.2, 0.25) is 0 Å². The van der Waals surface area contributed by atoms with Crippen molar-refractivity contribution >= 4 is 22.4 Å². The first-order valence-electron chi connectivity index (χ1n) is 6.22. The second-order valence-electron chi connectivity index (χ2n) is 4.20. The van der Waals surface area contributed by atoms with Crippen LogP contribution in [0.2, 0.25) is 0 Å². The summed E-state index contributed by atoms with van der Waals surface area (Å²) in [5, 5.41) is 0.713. The average molecular weight is 261 g/mol. The third kappa shape index (κ3) is 2.23. The number of anilines is 1. The summed E-state index contributed by atoms with van der Waals surface area (Å²) in [4.78, 5) is 18.0. The molecule has 1 aromatic heterocycles. The molecule has 0 atom stereocenters. The minimum absolute atomic E-state index is 0.117. The van der Waals surface area contributed by atoms with E-state index in [0.717, 1.165) is 0 Å². The molecule has 0 radical (unpaired) electrons. The van der Waals surface area contributed by atoms with Gasteiger partial charge in [0.1, 0.15) is 11.5 Å². The van der Waals surface area contributed by atoms with Crippen molar-refractivity contribution in [3.63, 3.8) is 0 Å². The molecule has 100 valence electrons. The summed E-state index contributed by atoms with van der Waals surface area (Å²) in [6.45, 7) is 4.85. The average Bonchev–Trinajstić information content (AvgIpc) is 2.43. The van der Waals surface area contributed by atoms with Gasteiger partial charge >= 0.3 is 0 Å². The van der Waals surface area contributed by atoms with Crippen LogP contribution in [-0.4, -0.2) is 28.9 Å². The number of pyridine rings is 1. The largest absolute Gasteiger partial charge is 0.398 e. The van der Waals surface area contributed by atoms with Crippen LogP contribution < -0.4 is 5.73 Å². The van der Waals surface area contributed by atoms with E-state index in [1.54, 1.807) is 11.0 Å². The molecule has 0 saturated heterocycles. The summed E-state index contributed by atoms with van der Waals surface area (Å²) in [6, 6.07) is 4.37. The third-order valence-electron chi connectivity index (χ3n) is 3.16. The van der Waals surface area contributed by atoms with Crippen LogP contribution >= 0.6 is 0 Å². The number of carbonyl (C=O) groups excluding carboxylic acids is 1. The Morgan fingerprint density at radius 3 is 2.63 bits per heavy atom. The highest BCUT2D eigenvalue weighted by atomic mass is 19.1. The first-order valence-corrected chi connectivity index (χ1v) is 6.22. The van der Waals surface area contributed by atoms with Crippen LogP contribution in [0.5, 0.6) is 0 Å². The predicted octanol–water partition coefficient (Wildman–Crippen LogP) is 2.44. The van der Waals surface area contributed by atoms with Crippen molar-refractivity contribution in [2.24, 2.45) is 0 Å². The van der Waals surface area contributed by atoms with E-state index < -0.39 is 5.82 Å². The number of hydrogen-bond donors (Lipinski definition) is 1. The number of benzene rings is 1. The number of rotatable bonds is 3. The second kappa shape index (κ2) is 5.22. The minimum atomic E-state index is -0.479. The zero-order valence-electron chi connectivity index (χ0n) is 11.0. The molecule has 1 heterocycles. The predicted molar refractivity (Wildman–Crippen MR) is 73.4 cm³/mol. The highest BCUT2D eigenvalue weighted by Crippen LogP contribution is 2.26. The molecule has 2 N–H and O–H groups in total. The number of fused-ring (bicyclic) bond motifs is 1. The molecular weight excluding hydrogens is 245 g/mol. The van der Waals surface area contributed by atoms with Gasteiger partial charge in [-0.25, -0.2) is 4.39 Å². The number of carbonyl (C=O) groups is 1. The molecule has 4 nitrogen and oxygen atoms in total. The zero-order valence-corrected chi connectivity index (χ0v) is 11.0. The zero-order chi connectivity index (χ0) is 14.0. The normalized spacial score (nSPS) is 10.7. The summed E-state index contributed by atoms with van der Waals surface area (Å²) >= 11 is 0. The highest BCUT2D eigenvalue weighted by molar-refractivity contribution is 6.08. The molecule has 0 fully saturated rings. The SMILES string of the molecule is CCN(CC)C(=O)c1nccc2c(N)ccc(F)c12. The Morgan fingerprint density at radius 1 is 1.32 bits per heavy atom. The fraction of sp³-hybridized carbons (Fsp3) is 0.286. The van der Waals surface area contributed by atoms with E-state index in [0.29, 0.717) is 24.2 Å². The minimum Gasteiger partial charge on any atom is -0.398 e. The summed E-state index contributed by atoms with van der Waals surface area (Å²) in [7, 11) is 0. The summed E-state index contributed by atoms with van der Waals surface area (Å²) < 4.78 is 14.0. The summed E-state index contributed by atoms with van der Waals surface area (Å²) in [5.74, 6) is -0.757. The Kier molecular flexibility index (Phi) is 3.64. The maximum atomic E-state index is 14.0. The van der Waals surface area contributed by atoms with Crippen LogP contribution in [0, 0.1) is 5.82 Å². The maximum Gasteiger partial charge on any atom is 0.273 e. The van der Waals surface area contributed by atoms with Gasteiger partial charge in [-0.15, -0.1) is 0 Å². The standard InChI is InChI=1S/C14H16FN3O/c1-3-18(4-2)14(19)13-12-9(7-8-17-13)11(16)6-5-10(12)15/h5-8H,3-4,16H2,1-2H3. The molecule has 5 heteroatoms. The van der Waals surface area contributed by atoms with E-state index in [-0.39, 0.29) is 17.0 Å². The van der Waals surface area contributed by atoms with Gasteiger partial charge in [-0.3, -0.25) is 9.78 Å². The van der Waals surface area contributed by atoms with Crippen molar-refractivity contribution in [1.29, 1.82) is 0 Å². The quantitative estimate of drug-likeness (QED) is 0.863. The van der Waals surface area contributed by atoms with Crippen molar-refractivity contribution in [2.75, 3.05) is 18.8 Å². The third-order valence-corrected chi connectivity index (χ3v) is 3.16. The lowest BCUT2D eigenvalue weighted by Gasteiger charge is -2.19. The molecule has 0 spiro atoms. The van der Waals surface area contributed by atoms with Gasteiger partial charge in [0.25, 0.3) is 5.91 Å². The maximum absolute atomic E-state index is 14.0. The number of nitrogens with two attached hydrogens (primary N) is 1. The van der Waals surface area contributed by atoms with Crippen LogP contribution in [-0.2, 0) is 0 Å². The Morgan fingerprint density at radius 2 is 2.00 bits per heavy atom. The molecule has 0 bridgehead atoms. The van der Waals surface area contributed by atoms with E-state index in [2.05, 4.69) is 4.98 Å². The van der Waals surface area contributed by atoms with Crippen LogP contribution in [0.25, 0.3) is 10.8 Å². The van der Waals surface area contributed by atoms with Crippen molar-refractivity contribution in [3.8, 4) is 0 Å². The summed E-state index contributed by atoms with van der Waals surface area (Å²) in [5.41, 5.74) is 6.37. The van der Waals surface area contributed by atoms with Gasteiger partial charge in [-0.05, 0) is 32.0 Å². The van der Waals surface area contributed by atoms with Crippen LogP contribution in [0.4, 0.5) is 10.1 Å². The Balaban J connectivity index is 2.68. The molecule has 19 heavy (non-hydrogen) atoms. The van der Waals surface area contributed by atoms with Crippen molar-refractivity contribution < 1.29 is 9.18 Å². The molecule has 0 aliphatic rings. The molecule has 2 aromatic rings. The first kappa shape index (κ1) is 13.3. The molecule has 0 aliphatic heterocycles. The molecule has 0 aliphatic carbocycles. The Hall–Kier alpha value is -2.17. The van der Waals surface area contributed by atoms with E-state index >= 15 is 0 Å². The lowest BCUT2D eigenvalue weighted by atomic mass is 10.1. The van der Waals surface area contributed by atoms with Gasteiger partial charge < -0.3 is 10.6 Å². The van der Waals surface area contributed by atoms with Crippen LogP contribution in [0.1, 0.15) is 24.3 Å². The highest BCUT2D eigenvalue weighted by Gasteiger charge is 2.19. The smallest absolute Gasteiger partial charge is 0.273 e. The number of nitrogens with zero attached hydrogens (tertiary/aromatic N) is 2. The molecular formula is C14H16FN3O. The monoisotopic (exact) mass is 261 g/mol. The van der Waals surface area contributed by atoms with E-state index in [9.17, 15) is 9.18 Å². The molecule has 0 unspecified atom stereocenters. The van der Waals surface area contributed by atoms with Gasteiger partial charge in [0.15, 0.2) is 0 Å². The van der Waals surface area contributed by atoms with Gasteiger partial charge in [0.05, 0.1) is 5.39 Å². The fourth-order valence-electron chi connectivity index (χ4n) is 2.10. The Bertz CT molecular complexity index is 623. The number of amides is 1. The number of aromatic nitrogens is 1. The van der Waals surface area contributed by atoms with E-state index in [4.69, 9.17) is 5.73 Å². The number of nitrogen functional groups attached to an aromatic ring is 1. The number of hydrogen-bond acceptors (Lipinski definition) is 3. The van der Waals surface area contributed by atoms with Crippen molar-refractivity contribution in [1.82, 2.24) is 9.88 Å². The van der Waals surface area contributed by atoms with Gasteiger partial charge in [-0.2, -0.15) is 0 Å². The second-order valence-corrected chi connectivity index (χ2v) is 4.20. The molecule has 0 saturated carbocycles. The van der Waals surface area contributed by atoms with Crippen molar-refractivity contribution in [3.05, 3.63) is 35.9 Å². The van der Waals surface area contributed by atoms with Gasteiger partial charge in [-0.1, -0.05) is 0 Å². The lowest BCUT2D eigenvalue weighted by molar-refractivity contribution is 0.0769. The van der Waals surface area contributed by atoms with E-state index in [1.807, 2.05) is 13.8 Å². The van der Waals surface area contributed by atoms with Gasteiger partial charge in [0, 0.05) is 30.4 Å². The van der Waals surface area contributed by atoms with Crippen LogP contribution in [0.3, 0.4) is 0 Å². The van der Waals surface area contributed by atoms with E-state index in [1.165, 1.54) is 18.3 Å². The summed E-state index contributed by atoms with van der Waals surface area (Å²) in [6.07, 6.45) is 1.48. The topological polar surface area (TPSA) is 59.2 Å². The molecule has 1 aromatic carbocycles. The first-order chi connectivity index (χ1) is 9.10. The fourth-order valence-corrected chi connectivity index (χ4v) is 2.10. The van der Waals surface area contributed by atoms with Crippen molar-refractivity contribution in [2.45, 2.75) is 13.8 Å². The molecule has 1 amide bonds. The van der Waals surface area contributed by atoms with Crippen LogP contribution in [0.15, 0.2) is 24.4 Å². The Labute approximate surface area is 111 Å².